The van der Waals surface area contributed by atoms with Crippen molar-refractivity contribution in [1.29, 1.82) is 0 Å². The molecule has 0 saturated heterocycles. The second-order valence-corrected chi connectivity index (χ2v) is 6.47. The average Bonchev–Trinajstić information content (AvgIpc) is 2.72. The molecule has 2 N–H and O–H groups in total. The third-order valence-electron chi connectivity index (χ3n) is 4.67. The number of amides is 1. The van der Waals surface area contributed by atoms with E-state index in [4.69, 9.17) is 5.73 Å². The second-order valence-electron chi connectivity index (χ2n) is 6.47. The molecule has 0 unspecified atom stereocenters. The number of carbonyl (C=O) groups is 1. The fourth-order valence-corrected chi connectivity index (χ4v) is 3.40. The highest BCUT2D eigenvalue weighted by Gasteiger charge is 2.36. The van der Waals surface area contributed by atoms with Crippen molar-refractivity contribution in [2.75, 3.05) is 0 Å². The first-order valence-corrected chi connectivity index (χ1v) is 8.66. The average molecular weight is 393 g/mol. The molecule has 4 rings (SSSR count). The molecule has 0 aliphatic carbocycles. The van der Waals surface area contributed by atoms with Crippen LogP contribution in [0, 0.1) is 0 Å². The van der Waals surface area contributed by atoms with E-state index in [2.05, 4.69) is 10.2 Å². The number of rotatable bonds is 3. The van der Waals surface area contributed by atoms with Crippen molar-refractivity contribution in [1.82, 2.24) is 10.2 Å². The Morgan fingerprint density at radius 3 is 2.14 bits per heavy atom. The quantitative estimate of drug-likeness (QED) is 0.528. The van der Waals surface area contributed by atoms with Crippen LogP contribution in [-0.4, -0.2) is 16.1 Å². The standard InChI is InChI=1S/C22H14F3N3O/c23-22(24,25)18-9-8-17(21(26)29)19(20(18)13-4-2-1-3-5-13)14-6-7-15-11-27-28-12-16(15)10-14/h1-12H,(H2,26,29). The van der Waals surface area contributed by atoms with Gasteiger partial charge in [0.15, 0.2) is 0 Å². The molecule has 0 spiro atoms. The van der Waals surface area contributed by atoms with Crippen molar-refractivity contribution in [3.8, 4) is 22.3 Å². The number of hydrogen-bond acceptors (Lipinski definition) is 3. The monoisotopic (exact) mass is 393 g/mol. The van der Waals surface area contributed by atoms with Gasteiger partial charge in [0, 0.05) is 27.5 Å². The molecule has 144 valence electrons. The molecular weight excluding hydrogens is 379 g/mol. The number of halogens is 3. The predicted octanol–water partition coefficient (Wildman–Crippen LogP) is 5.08. The molecule has 0 saturated carbocycles. The third-order valence-corrected chi connectivity index (χ3v) is 4.67. The molecule has 29 heavy (non-hydrogen) atoms. The molecule has 1 heterocycles. The zero-order valence-corrected chi connectivity index (χ0v) is 14.9. The van der Waals surface area contributed by atoms with Gasteiger partial charge in [-0.05, 0) is 29.3 Å². The number of hydrogen-bond donors (Lipinski definition) is 1. The van der Waals surface area contributed by atoms with E-state index in [1.54, 1.807) is 54.7 Å². The molecule has 0 aliphatic rings. The lowest BCUT2D eigenvalue weighted by Crippen LogP contribution is -2.16. The van der Waals surface area contributed by atoms with Crippen molar-refractivity contribution in [2.45, 2.75) is 6.18 Å². The van der Waals surface area contributed by atoms with Crippen LogP contribution in [0.25, 0.3) is 33.0 Å². The summed E-state index contributed by atoms with van der Waals surface area (Å²) in [5, 5.41) is 9.08. The number of fused-ring (bicyclic) bond motifs is 1. The molecule has 4 aromatic rings. The van der Waals surface area contributed by atoms with E-state index in [0.717, 1.165) is 17.5 Å². The van der Waals surface area contributed by atoms with E-state index in [1.807, 2.05) is 0 Å². The normalized spacial score (nSPS) is 11.6. The summed E-state index contributed by atoms with van der Waals surface area (Å²) in [6, 6.07) is 15.2. The molecule has 4 nitrogen and oxygen atoms in total. The first-order valence-electron chi connectivity index (χ1n) is 8.66. The summed E-state index contributed by atoms with van der Waals surface area (Å²) in [5.74, 6) is -0.807. The van der Waals surface area contributed by atoms with Crippen molar-refractivity contribution in [2.24, 2.45) is 5.73 Å². The summed E-state index contributed by atoms with van der Waals surface area (Å²) < 4.78 is 41.6. The Balaban J connectivity index is 2.13. The van der Waals surface area contributed by atoms with Gasteiger partial charge in [0.1, 0.15) is 0 Å². The molecule has 1 aromatic heterocycles. The fraction of sp³-hybridized carbons (Fsp3) is 0.0455. The summed E-state index contributed by atoms with van der Waals surface area (Å²) in [4.78, 5) is 12.1. The van der Waals surface area contributed by atoms with Gasteiger partial charge in [-0.15, -0.1) is 0 Å². The van der Waals surface area contributed by atoms with Gasteiger partial charge in [-0.1, -0.05) is 42.5 Å². The minimum absolute atomic E-state index is 0.0122. The minimum atomic E-state index is -4.61. The summed E-state index contributed by atoms with van der Waals surface area (Å²) in [6.07, 6.45) is -1.55. The lowest BCUT2D eigenvalue weighted by molar-refractivity contribution is -0.137. The first kappa shape index (κ1) is 18.6. The Kier molecular flexibility index (Phi) is 4.50. The number of nitrogens with two attached hydrogens (primary N) is 1. The topological polar surface area (TPSA) is 68.9 Å². The number of alkyl halides is 3. The zero-order chi connectivity index (χ0) is 20.6. The molecule has 0 radical (unpaired) electrons. The van der Waals surface area contributed by atoms with Crippen LogP contribution < -0.4 is 5.73 Å². The zero-order valence-electron chi connectivity index (χ0n) is 14.9. The van der Waals surface area contributed by atoms with Crippen LogP contribution in [-0.2, 0) is 6.18 Å². The van der Waals surface area contributed by atoms with Gasteiger partial charge in [0.2, 0.25) is 5.91 Å². The molecule has 0 fully saturated rings. The van der Waals surface area contributed by atoms with Crippen LogP contribution >= 0.6 is 0 Å². The van der Waals surface area contributed by atoms with Gasteiger partial charge in [0.05, 0.1) is 18.0 Å². The van der Waals surface area contributed by atoms with E-state index in [0.29, 0.717) is 16.5 Å². The molecule has 0 aliphatic heterocycles. The highest BCUT2D eigenvalue weighted by atomic mass is 19.4. The van der Waals surface area contributed by atoms with E-state index >= 15 is 0 Å². The third kappa shape index (κ3) is 3.42. The van der Waals surface area contributed by atoms with Gasteiger partial charge in [-0.25, -0.2) is 0 Å². The highest BCUT2D eigenvalue weighted by molar-refractivity contribution is 6.05. The number of nitrogens with zero attached hydrogens (tertiary/aromatic N) is 2. The number of carbonyl (C=O) groups excluding carboxylic acids is 1. The van der Waals surface area contributed by atoms with Gasteiger partial charge in [-0.2, -0.15) is 23.4 Å². The smallest absolute Gasteiger partial charge is 0.366 e. The van der Waals surface area contributed by atoms with E-state index < -0.39 is 17.6 Å². The molecule has 0 bridgehead atoms. The van der Waals surface area contributed by atoms with E-state index in [9.17, 15) is 18.0 Å². The van der Waals surface area contributed by atoms with Crippen LogP contribution in [0.2, 0.25) is 0 Å². The maximum absolute atomic E-state index is 13.9. The maximum Gasteiger partial charge on any atom is 0.417 e. The highest BCUT2D eigenvalue weighted by Crippen LogP contribution is 2.44. The van der Waals surface area contributed by atoms with Crippen molar-refractivity contribution >= 4 is 16.7 Å². The Morgan fingerprint density at radius 1 is 0.793 bits per heavy atom. The summed E-state index contributed by atoms with van der Waals surface area (Å²) in [5.41, 5.74) is 5.53. The van der Waals surface area contributed by atoms with E-state index in [-0.39, 0.29) is 16.7 Å². The van der Waals surface area contributed by atoms with Gasteiger partial charge < -0.3 is 5.73 Å². The fourth-order valence-electron chi connectivity index (χ4n) is 3.40. The molecular formula is C22H14F3N3O. The molecule has 3 aromatic carbocycles. The van der Waals surface area contributed by atoms with Crippen LogP contribution in [0.1, 0.15) is 15.9 Å². The lowest BCUT2D eigenvalue weighted by atomic mass is 9.86. The molecule has 1 amide bonds. The summed E-state index contributed by atoms with van der Waals surface area (Å²) in [7, 11) is 0. The number of aromatic nitrogens is 2. The van der Waals surface area contributed by atoms with Crippen LogP contribution in [0.15, 0.2) is 73.1 Å². The Morgan fingerprint density at radius 2 is 1.48 bits per heavy atom. The second kappa shape index (κ2) is 7.01. The van der Waals surface area contributed by atoms with Crippen LogP contribution in [0.3, 0.4) is 0 Å². The lowest BCUT2D eigenvalue weighted by Gasteiger charge is -2.20. The predicted molar refractivity (Wildman–Crippen MR) is 104 cm³/mol. The first-order chi connectivity index (χ1) is 13.9. The Labute approximate surface area is 163 Å². The van der Waals surface area contributed by atoms with Crippen molar-refractivity contribution < 1.29 is 18.0 Å². The van der Waals surface area contributed by atoms with Crippen LogP contribution in [0.4, 0.5) is 13.2 Å². The summed E-state index contributed by atoms with van der Waals surface area (Å²) in [6.45, 7) is 0. The SMILES string of the molecule is NC(=O)c1ccc(C(F)(F)F)c(-c2ccccc2)c1-c1ccc2cnncc2c1. The number of benzene rings is 3. The van der Waals surface area contributed by atoms with Gasteiger partial charge in [-0.3, -0.25) is 4.79 Å². The number of primary amides is 1. The molecule has 7 heteroatoms. The van der Waals surface area contributed by atoms with Crippen molar-refractivity contribution in [3.05, 3.63) is 84.2 Å². The van der Waals surface area contributed by atoms with Gasteiger partial charge >= 0.3 is 6.18 Å². The van der Waals surface area contributed by atoms with E-state index in [1.165, 1.54) is 6.20 Å². The van der Waals surface area contributed by atoms with Gasteiger partial charge in [0.25, 0.3) is 0 Å². The molecule has 0 atom stereocenters. The Bertz CT molecular complexity index is 1220. The largest absolute Gasteiger partial charge is 0.417 e. The van der Waals surface area contributed by atoms with Crippen LogP contribution in [0.5, 0.6) is 0 Å². The maximum atomic E-state index is 13.9. The Hall–Kier alpha value is -3.74. The summed E-state index contributed by atoms with van der Waals surface area (Å²) >= 11 is 0. The minimum Gasteiger partial charge on any atom is -0.366 e. The van der Waals surface area contributed by atoms with Crippen molar-refractivity contribution in [3.63, 3.8) is 0 Å².